The molecule has 0 spiro atoms. The van der Waals surface area contributed by atoms with Crippen molar-refractivity contribution in [2.45, 2.75) is 65.2 Å². The lowest BCUT2D eigenvalue weighted by atomic mass is 9.69. The molecule has 0 aromatic heterocycles. The first-order valence-electron chi connectivity index (χ1n) is 7.27. The predicted molar refractivity (Wildman–Crippen MR) is 71.1 cm³/mol. The van der Waals surface area contributed by atoms with Crippen molar-refractivity contribution in [3.05, 3.63) is 18.1 Å². The number of hydrogen-bond donors (Lipinski definition) is 0. The minimum Gasteiger partial charge on any atom is -0.0911 e. The average Bonchev–Trinajstić information content (AvgIpc) is 2.32. The SMILES string of the molecule is C/C=C/[C]1CCC(C2CCC(C)CC2)CC1. The second-order valence-corrected chi connectivity index (χ2v) is 6.02. The smallest absolute Gasteiger partial charge is 0.00272 e. The summed E-state index contributed by atoms with van der Waals surface area (Å²) in [6.07, 6.45) is 16.3. The molecule has 2 aliphatic rings. The Balaban J connectivity index is 1.76. The fourth-order valence-electron chi connectivity index (χ4n) is 3.64. The Morgan fingerprint density at radius 1 is 0.875 bits per heavy atom. The molecule has 0 N–H and O–H groups in total. The molecule has 2 fully saturated rings. The van der Waals surface area contributed by atoms with Crippen LogP contribution in [0.2, 0.25) is 0 Å². The van der Waals surface area contributed by atoms with Gasteiger partial charge in [-0.1, -0.05) is 31.9 Å². The van der Waals surface area contributed by atoms with Gasteiger partial charge < -0.3 is 0 Å². The van der Waals surface area contributed by atoms with Gasteiger partial charge in [-0.3, -0.25) is 0 Å². The maximum atomic E-state index is 2.43. The maximum absolute atomic E-state index is 2.43. The van der Waals surface area contributed by atoms with E-state index in [2.05, 4.69) is 26.0 Å². The van der Waals surface area contributed by atoms with Gasteiger partial charge in [-0.2, -0.15) is 0 Å². The van der Waals surface area contributed by atoms with Crippen molar-refractivity contribution in [1.29, 1.82) is 0 Å². The largest absolute Gasteiger partial charge is 0.0911 e. The molecule has 1 radical (unpaired) electrons. The second kappa shape index (κ2) is 5.89. The highest BCUT2D eigenvalue weighted by Crippen LogP contribution is 2.41. The van der Waals surface area contributed by atoms with E-state index in [0.29, 0.717) is 0 Å². The van der Waals surface area contributed by atoms with Gasteiger partial charge in [-0.15, -0.1) is 0 Å². The molecule has 0 heterocycles. The molecular weight excluding hydrogens is 192 g/mol. The molecule has 0 amide bonds. The van der Waals surface area contributed by atoms with Crippen molar-refractivity contribution < 1.29 is 0 Å². The fourth-order valence-corrected chi connectivity index (χ4v) is 3.64. The molecule has 2 saturated carbocycles. The van der Waals surface area contributed by atoms with Crippen LogP contribution in [0.1, 0.15) is 65.2 Å². The summed E-state index contributed by atoms with van der Waals surface area (Å²) in [4.78, 5) is 0. The van der Waals surface area contributed by atoms with Crippen molar-refractivity contribution >= 4 is 0 Å². The summed E-state index contributed by atoms with van der Waals surface area (Å²) in [7, 11) is 0. The second-order valence-electron chi connectivity index (χ2n) is 6.02. The van der Waals surface area contributed by atoms with Crippen molar-refractivity contribution in [3.8, 4) is 0 Å². The molecule has 0 atom stereocenters. The summed E-state index contributed by atoms with van der Waals surface area (Å²) in [6, 6.07) is 0. The quantitative estimate of drug-likeness (QED) is 0.602. The van der Waals surface area contributed by atoms with Gasteiger partial charge in [-0.25, -0.2) is 0 Å². The number of rotatable bonds is 2. The van der Waals surface area contributed by atoms with E-state index < -0.39 is 0 Å². The van der Waals surface area contributed by atoms with Crippen LogP contribution in [0.15, 0.2) is 12.2 Å². The van der Waals surface area contributed by atoms with Crippen LogP contribution in [0.3, 0.4) is 0 Å². The van der Waals surface area contributed by atoms with Crippen LogP contribution >= 0.6 is 0 Å². The lowest BCUT2D eigenvalue weighted by Crippen LogP contribution is -2.24. The Morgan fingerprint density at radius 3 is 2.00 bits per heavy atom. The zero-order chi connectivity index (χ0) is 11.4. The van der Waals surface area contributed by atoms with Gasteiger partial charge >= 0.3 is 0 Å². The Kier molecular flexibility index (Phi) is 4.49. The fraction of sp³-hybridized carbons (Fsp3) is 0.812. The summed E-state index contributed by atoms with van der Waals surface area (Å²) in [5.41, 5.74) is 0. The molecular formula is C16H27. The summed E-state index contributed by atoms with van der Waals surface area (Å²) in [5.74, 6) is 4.83. The van der Waals surface area contributed by atoms with Gasteiger partial charge in [-0.05, 0) is 69.1 Å². The van der Waals surface area contributed by atoms with E-state index in [0.717, 1.165) is 17.8 Å². The lowest BCUT2D eigenvalue weighted by Gasteiger charge is -2.36. The third-order valence-corrected chi connectivity index (χ3v) is 4.80. The Morgan fingerprint density at radius 2 is 1.44 bits per heavy atom. The van der Waals surface area contributed by atoms with Crippen LogP contribution < -0.4 is 0 Å². The summed E-state index contributed by atoms with van der Waals surface area (Å²) in [6.45, 7) is 4.57. The van der Waals surface area contributed by atoms with Crippen molar-refractivity contribution in [2.75, 3.05) is 0 Å². The average molecular weight is 219 g/mol. The summed E-state index contributed by atoms with van der Waals surface area (Å²) >= 11 is 0. The van der Waals surface area contributed by atoms with Gasteiger partial charge in [0.2, 0.25) is 0 Å². The molecule has 16 heavy (non-hydrogen) atoms. The lowest BCUT2D eigenvalue weighted by molar-refractivity contribution is 0.180. The Bertz CT molecular complexity index is 212. The molecule has 0 aromatic rings. The van der Waals surface area contributed by atoms with Crippen molar-refractivity contribution in [1.82, 2.24) is 0 Å². The highest BCUT2D eigenvalue weighted by molar-refractivity contribution is 5.11. The van der Waals surface area contributed by atoms with Crippen LogP contribution in [0.25, 0.3) is 0 Å². The van der Waals surface area contributed by atoms with E-state index in [1.807, 2.05) is 0 Å². The standard InChI is InChI=1S/C16H27/c1-3-4-14-7-11-16(12-8-14)15-9-5-13(2)6-10-15/h3-4,13,15-16H,5-12H2,1-2H3/b4-3+. The molecule has 0 bridgehead atoms. The van der Waals surface area contributed by atoms with Gasteiger partial charge in [0.15, 0.2) is 0 Å². The molecule has 0 saturated heterocycles. The van der Waals surface area contributed by atoms with E-state index >= 15 is 0 Å². The summed E-state index contributed by atoms with van der Waals surface area (Å²) < 4.78 is 0. The molecule has 0 aromatic carbocycles. The maximum Gasteiger partial charge on any atom is -0.00272 e. The van der Waals surface area contributed by atoms with Crippen LogP contribution in [-0.4, -0.2) is 0 Å². The van der Waals surface area contributed by atoms with E-state index in [1.54, 1.807) is 5.92 Å². The van der Waals surface area contributed by atoms with E-state index in [1.165, 1.54) is 51.4 Å². The van der Waals surface area contributed by atoms with Gasteiger partial charge in [0.05, 0.1) is 0 Å². The number of allylic oxidation sites excluding steroid dienone is 2. The highest BCUT2D eigenvalue weighted by Gasteiger charge is 2.29. The molecule has 0 aliphatic heterocycles. The molecule has 0 heteroatoms. The van der Waals surface area contributed by atoms with E-state index in [-0.39, 0.29) is 0 Å². The van der Waals surface area contributed by atoms with Gasteiger partial charge in [0.25, 0.3) is 0 Å². The first kappa shape index (κ1) is 12.2. The van der Waals surface area contributed by atoms with Gasteiger partial charge in [0, 0.05) is 0 Å². The van der Waals surface area contributed by atoms with Crippen LogP contribution in [0, 0.1) is 23.7 Å². The van der Waals surface area contributed by atoms with Crippen LogP contribution in [0.5, 0.6) is 0 Å². The first-order valence-corrected chi connectivity index (χ1v) is 7.27. The van der Waals surface area contributed by atoms with E-state index in [4.69, 9.17) is 0 Å². The van der Waals surface area contributed by atoms with Gasteiger partial charge in [0.1, 0.15) is 0 Å². The third-order valence-electron chi connectivity index (χ3n) is 4.80. The molecule has 0 unspecified atom stereocenters. The van der Waals surface area contributed by atoms with Crippen LogP contribution in [0.4, 0.5) is 0 Å². The number of hydrogen-bond acceptors (Lipinski definition) is 0. The van der Waals surface area contributed by atoms with E-state index in [9.17, 15) is 0 Å². The molecule has 0 nitrogen and oxygen atoms in total. The zero-order valence-electron chi connectivity index (χ0n) is 11.0. The Labute approximate surface area is 102 Å². The normalized spacial score (nSPS) is 34.6. The zero-order valence-corrected chi connectivity index (χ0v) is 11.0. The highest BCUT2D eigenvalue weighted by atomic mass is 14.3. The minimum atomic E-state index is 1.00. The molecule has 2 aliphatic carbocycles. The Hall–Kier alpha value is -0.260. The van der Waals surface area contributed by atoms with Crippen LogP contribution in [-0.2, 0) is 0 Å². The predicted octanol–water partition coefficient (Wildman–Crippen LogP) is 5.15. The summed E-state index contributed by atoms with van der Waals surface area (Å²) in [5, 5.41) is 0. The minimum absolute atomic E-state index is 1.00. The molecule has 91 valence electrons. The van der Waals surface area contributed by atoms with Crippen molar-refractivity contribution in [2.24, 2.45) is 17.8 Å². The monoisotopic (exact) mass is 219 g/mol. The first-order chi connectivity index (χ1) is 7.79. The molecule has 2 rings (SSSR count). The topological polar surface area (TPSA) is 0 Å². The third kappa shape index (κ3) is 3.12. The van der Waals surface area contributed by atoms with Crippen molar-refractivity contribution in [3.63, 3.8) is 0 Å².